The van der Waals surface area contributed by atoms with Gasteiger partial charge in [0.05, 0.1) is 6.54 Å². The summed E-state index contributed by atoms with van der Waals surface area (Å²) in [6, 6.07) is 25.8. The fourth-order valence-corrected chi connectivity index (χ4v) is 4.36. The van der Waals surface area contributed by atoms with Crippen LogP contribution in [0.15, 0.2) is 72.8 Å². The number of amides is 1. The predicted molar refractivity (Wildman–Crippen MR) is 110 cm³/mol. The topological polar surface area (TPSA) is 46.3 Å². The molecular weight excluding hydrogens is 332 g/mol. The van der Waals surface area contributed by atoms with Gasteiger partial charge >= 0.3 is 0 Å². The van der Waals surface area contributed by atoms with Crippen molar-refractivity contribution in [3.05, 3.63) is 83.9 Å². The molecule has 5 rings (SSSR count). The lowest BCUT2D eigenvalue weighted by atomic mass is 9.88. The third-order valence-corrected chi connectivity index (χ3v) is 5.45. The van der Waals surface area contributed by atoms with Gasteiger partial charge in [0.15, 0.2) is 0 Å². The maximum Gasteiger partial charge on any atom is 0.231 e. The zero-order valence-electron chi connectivity index (χ0n) is 15.0. The number of nitrogens with zero attached hydrogens (tertiary/aromatic N) is 1. The molecule has 0 spiro atoms. The number of hydrogen-bond acceptors (Lipinski definition) is 2. The van der Waals surface area contributed by atoms with Crippen molar-refractivity contribution < 1.29 is 4.79 Å². The van der Waals surface area contributed by atoms with Gasteiger partial charge in [-0.25, -0.2) is 0 Å². The summed E-state index contributed by atoms with van der Waals surface area (Å²) in [5.74, 6) is -0.290. The van der Waals surface area contributed by atoms with E-state index in [1.165, 1.54) is 43.8 Å². The summed E-state index contributed by atoms with van der Waals surface area (Å²) in [4.78, 5) is 13.7. The smallest absolute Gasteiger partial charge is 0.231 e. The lowest BCUT2D eigenvalue weighted by Gasteiger charge is -2.19. The second-order valence-electron chi connectivity index (χ2n) is 7.25. The van der Waals surface area contributed by atoms with Crippen LogP contribution in [0, 0.1) is 0 Å². The van der Waals surface area contributed by atoms with Crippen LogP contribution in [-0.4, -0.2) is 17.4 Å². The summed E-state index contributed by atoms with van der Waals surface area (Å²) >= 11 is 0. The van der Waals surface area contributed by atoms with Gasteiger partial charge in [-0.05, 0) is 43.8 Å². The molecular formula is C24H20N2O. The monoisotopic (exact) mass is 352 g/mol. The normalized spacial score (nSPS) is 13.9. The molecule has 0 fully saturated rings. The standard InChI is InChI=1S/C24H20N2O/c25-22(27)15-26-13-18-11-9-16-5-1-3-7-20(16)23(18)24-19(14-26)12-10-17-6-2-4-8-21(17)24/h1-12H,13-15H2,(H2,25,27). The van der Waals surface area contributed by atoms with Crippen LogP contribution in [0.5, 0.6) is 0 Å². The maximum atomic E-state index is 11.6. The third-order valence-electron chi connectivity index (χ3n) is 5.45. The van der Waals surface area contributed by atoms with Gasteiger partial charge < -0.3 is 5.73 Å². The lowest BCUT2D eigenvalue weighted by molar-refractivity contribution is -0.119. The minimum absolute atomic E-state index is 0.262. The van der Waals surface area contributed by atoms with Gasteiger partial charge in [0, 0.05) is 13.1 Å². The van der Waals surface area contributed by atoms with Crippen molar-refractivity contribution in [1.82, 2.24) is 4.90 Å². The average molecular weight is 352 g/mol. The molecule has 1 heterocycles. The fraction of sp³-hybridized carbons (Fsp3) is 0.125. The second-order valence-corrected chi connectivity index (χ2v) is 7.25. The number of hydrogen-bond donors (Lipinski definition) is 1. The molecule has 132 valence electrons. The van der Waals surface area contributed by atoms with Crippen molar-refractivity contribution in [3.63, 3.8) is 0 Å². The SMILES string of the molecule is NC(=O)CN1Cc2ccc3ccccc3c2-c2c(ccc3ccccc23)C1. The molecule has 3 nitrogen and oxygen atoms in total. The molecule has 4 aromatic rings. The maximum absolute atomic E-state index is 11.6. The largest absolute Gasteiger partial charge is 0.369 e. The Labute approximate surface area is 158 Å². The van der Waals surface area contributed by atoms with E-state index in [4.69, 9.17) is 5.73 Å². The summed E-state index contributed by atoms with van der Waals surface area (Å²) in [7, 11) is 0. The van der Waals surface area contributed by atoms with Gasteiger partial charge in [-0.3, -0.25) is 9.69 Å². The Bertz CT molecular complexity index is 1110. The van der Waals surface area contributed by atoms with E-state index >= 15 is 0 Å². The van der Waals surface area contributed by atoms with Crippen LogP contribution in [-0.2, 0) is 17.9 Å². The van der Waals surface area contributed by atoms with E-state index in [0.717, 1.165) is 0 Å². The van der Waals surface area contributed by atoms with Crippen LogP contribution < -0.4 is 5.73 Å². The number of carbonyl (C=O) groups excluding carboxylic acids is 1. The van der Waals surface area contributed by atoms with Gasteiger partial charge in [0.1, 0.15) is 0 Å². The van der Waals surface area contributed by atoms with Crippen LogP contribution in [0.1, 0.15) is 11.1 Å². The minimum atomic E-state index is -0.290. The Morgan fingerprint density at radius 3 is 1.70 bits per heavy atom. The molecule has 1 amide bonds. The number of rotatable bonds is 2. The first-order valence-corrected chi connectivity index (χ1v) is 9.23. The highest BCUT2D eigenvalue weighted by Crippen LogP contribution is 2.41. The van der Waals surface area contributed by atoms with Gasteiger partial charge in [0.2, 0.25) is 5.91 Å². The van der Waals surface area contributed by atoms with Crippen molar-refractivity contribution in [2.45, 2.75) is 13.1 Å². The zero-order chi connectivity index (χ0) is 18.4. The van der Waals surface area contributed by atoms with Crippen molar-refractivity contribution in [3.8, 4) is 11.1 Å². The molecule has 27 heavy (non-hydrogen) atoms. The highest BCUT2D eigenvalue weighted by atomic mass is 16.1. The van der Waals surface area contributed by atoms with E-state index in [2.05, 4.69) is 77.7 Å². The summed E-state index contributed by atoms with van der Waals surface area (Å²) in [6.45, 7) is 1.69. The molecule has 0 aromatic heterocycles. The third kappa shape index (κ3) is 2.68. The first-order valence-electron chi connectivity index (χ1n) is 9.23. The summed E-state index contributed by atoms with van der Waals surface area (Å²) in [5.41, 5.74) is 10.6. The molecule has 0 radical (unpaired) electrons. The first-order chi connectivity index (χ1) is 13.2. The number of nitrogens with two attached hydrogens (primary N) is 1. The van der Waals surface area contributed by atoms with E-state index < -0.39 is 0 Å². The molecule has 1 aliphatic rings. The Morgan fingerprint density at radius 1 is 0.741 bits per heavy atom. The Kier molecular flexibility index (Phi) is 3.69. The van der Waals surface area contributed by atoms with Gasteiger partial charge in [-0.15, -0.1) is 0 Å². The quantitative estimate of drug-likeness (QED) is 0.579. The molecule has 0 saturated heterocycles. The van der Waals surface area contributed by atoms with Gasteiger partial charge in [0.25, 0.3) is 0 Å². The minimum Gasteiger partial charge on any atom is -0.369 e. The van der Waals surface area contributed by atoms with Crippen LogP contribution >= 0.6 is 0 Å². The lowest BCUT2D eigenvalue weighted by Crippen LogP contribution is -2.32. The van der Waals surface area contributed by atoms with E-state index in [1.54, 1.807) is 0 Å². The van der Waals surface area contributed by atoms with Crippen molar-refractivity contribution in [1.29, 1.82) is 0 Å². The fourth-order valence-electron chi connectivity index (χ4n) is 4.36. The Balaban J connectivity index is 1.89. The number of fused-ring (bicyclic) bond motifs is 7. The van der Waals surface area contributed by atoms with Crippen molar-refractivity contribution in [2.75, 3.05) is 6.54 Å². The predicted octanol–water partition coefficient (Wildman–Crippen LogP) is 4.46. The van der Waals surface area contributed by atoms with Crippen LogP contribution in [0.25, 0.3) is 32.7 Å². The summed E-state index contributed by atoms with van der Waals surface area (Å²) < 4.78 is 0. The van der Waals surface area contributed by atoms with E-state index in [9.17, 15) is 4.79 Å². The molecule has 2 N–H and O–H groups in total. The molecule has 3 heteroatoms. The number of primary amides is 1. The van der Waals surface area contributed by atoms with Crippen molar-refractivity contribution >= 4 is 27.5 Å². The van der Waals surface area contributed by atoms with Crippen LogP contribution in [0.4, 0.5) is 0 Å². The number of carbonyl (C=O) groups is 1. The van der Waals surface area contributed by atoms with Gasteiger partial charge in [-0.2, -0.15) is 0 Å². The molecule has 0 unspecified atom stereocenters. The Morgan fingerprint density at radius 2 is 1.22 bits per heavy atom. The van der Waals surface area contributed by atoms with E-state index in [0.29, 0.717) is 13.1 Å². The van der Waals surface area contributed by atoms with Gasteiger partial charge in [-0.1, -0.05) is 72.8 Å². The average Bonchev–Trinajstić information content (AvgIpc) is 2.83. The van der Waals surface area contributed by atoms with Crippen LogP contribution in [0.2, 0.25) is 0 Å². The molecule has 4 aromatic carbocycles. The second kappa shape index (κ2) is 6.22. The highest BCUT2D eigenvalue weighted by molar-refractivity contribution is 6.08. The molecule has 0 atom stereocenters. The van der Waals surface area contributed by atoms with E-state index in [1.807, 2.05) is 0 Å². The molecule has 1 aliphatic heterocycles. The Hall–Kier alpha value is -3.17. The van der Waals surface area contributed by atoms with Crippen molar-refractivity contribution in [2.24, 2.45) is 5.73 Å². The summed E-state index contributed by atoms with van der Waals surface area (Å²) in [6.07, 6.45) is 0. The summed E-state index contributed by atoms with van der Waals surface area (Å²) in [5, 5.41) is 4.99. The number of benzene rings is 4. The highest BCUT2D eigenvalue weighted by Gasteiger charge is 2.23. The molecule has 0 bridgehead atoms. The molecule has 0 aliphatic carbocycles. The van der Waals surface area contributed by atoms with E-state index in [-0.39, 0.29) is 12.5 Å². The molecule has 0 saturated carbocycles. The zero-order valence-corrected chi connectivity index (χ0v) is 15.0. The first kappa shape index (κ1) is 16.0. The van der Waals surface area contributed by atoms with Crippen LogP contribution in [0.3, 0.4) is 0 Å².